The van der Waals surface area contributed by atoms with Crippen LogP contribution in [0.4, 0.5) is 15.2 Å². The molecule has 2 aromatic carbocycles. The van der Waals surface area contributed by atoms with Crippen LogP contribution < -0.4 is 9.62 Å². The van der Waals surface area contributed by atoms with Crippen molar-refractivity contribution in [2.75, 3.05) is 29.3 Å². The molecular formula is C24H24FN5O3S2. The lowest BCUT2D eigenvalue weighted by molar-refractivity contribution is -0.134. The molecule has 1 atom stereocenters. The Kier molecular flexibility index (Phi) is 6.20. The lowest BCUT2D eigenvalue weighted by Gasteiger charge is -2.41. The Bertz CT molecular complexity index is 1450. The van der Waals surface area contributed by atoms with E-state index < -0.39 is 10.0 Å². The van der Waals surface area contributed by atoms with Crippen molar-refractivity contribution in [1.82, 2.24) is 14.5 Å². The largest absolute Gasteiger partial charge is 0.368 e. The lowest BCUT2D eigenvalue weighted by atomic mass is 10.1. The van der Waals surface area contributed by atoms with Gasteiger partial charge >= 0.3 is 0 Å². The monoisotopic (exact) mass is 513 g/mol. The predicted molar refractivity (Wildman–Crippen MR) is 135 cm³/mol. The first-order chi connectivity index (χ1) is 16.8. The van der Waals surface area contributed by atoms with E-state index in [-0.39, 0.29) is 29.2 Å². The number of carbonyl (C=O) groups excluding carboxylic acids is 1. The molecule has 8 nitrogen and oxygen atoms in total. The molecule has 1 aliphatic heterocycles. The summed E-state index contributed by atoms with van der Waals surface area (Å²) >= 11 is 1.22. The average molecular weight is 514 g/mol. The second kappa shape index (κ2) is 9.31. The molecule has 0 unspecified atom stereocenters. The van der Waals surface area contributed by atoms with Gasteiger partial charge in [-0.1, -0.05) is 0 Å². The molecule has 4 aromatic rings. The molecule has 35 heavy (non-hydrogen) atoms. The first-order valence-electron chi connectivity index (χ1n) is 11.1. The molecule has 0 spiro atoms. The van der Waals surface area contributed by atoms with E-state index in [1.807, 2.05) is 28.7 Å². The molecule has 1 fully saturated rings. The highest BCUT2D eigenvalue weighted by molar-refractivity contribution is 7.93. The average Bonchev–Trinajstić information content (AvgIpc) is 3.48. The number of nitrogens with zero attached hydrogens (tertiary/aromatic N) is 4. The fourth-order valence-corrected chi connectivity index (χ4v) is 6.18. The summed E-state index contributed by atoms with van der Waals surface area (Å²) in [4.78, 5) is 21.2. The van der Waals surface area contributed by atoms with Gasteiger partial charge in [0, 0.05) is 60.0 Å². The number of anilines is 2. The number of rotatable bonds is 6. The van der Waals surface area contributed by atoms with Crippen LogP contribution in [0.25, 0.3) is 10.9 Å². The van der Waals surface area contributed by atoms with Crippen molar-refractivity contribution >= 4 is 49.0 Å². The number of nitrogens with one attached hydrogen (secondary N) is 1. The fourth-order valence-electron chi connectivity index (χ4n) is 4.39. The number of hydrogen-bond donors (Lipinski definition) is 1. The summed E-state index contributed by atoms with van der Waals surface area (Å²) in [5.41, 5.74) is 1.72. The van der Waals surface area contributed by atoms with Gasteiger partial charge in [-0.05, 0) is 55.5 Å². The zero-order chi connectivity index (χ0) is 24.6. The number of aromatic nitrogens is 2. The number of fused-ring (bicyclic) bond motifs is 1. The van der Waals surface area contributed by atoms with Gasteiger partial charge in [-0.15, -0.1) is 11.3 Å². The molecule has 0 radical (unpaired) electrons. The van der Waals surface area contributed by atoms with Crippen molar-refractivity contribution in [3.63, 3.8) is 0 Å². The molecule has 5 rings (SSSR count). The van der Waals surface area contributed by atoms with E-state index in [2.05, 4.69) is 14.6 Å². The van der Waals surface area contributed by atoms with Gasteiger partial charge in [0.15, 0.2) is 5.13 Å². The minimum atomic E-state index is -3.70. The molecule has 0 saturated carbocycles. The lowest BCUT2D eigenvalue weighted by Crippen LogP contribution is -2.54. The molecule has 2 aromatic heterocycles. The van der Waals surface area contributed by atoms with Crippen LogP contribution in [0.15, 0.2) is 71.2 Å². The second-order valence-corrected chi connectivity index (χ2v) is 11.0. The van der Waals surface area contributed by atoms with Gasteiger partial charge in [0.05, 0.1) is 4.90 Å². The number of benzene rings is 2. The van der Waals surface area contributed by atoms with E-state index in [1.165, 1.54) is 23.5 Å². The maximum absolute atomic E-state index is 13.5. The zero-order valence-electron chi connectivity index (χ0n) is 19.0. The molecule has 1 saturated heterocycles. The Morgan fingerprint density at radius 1 is 1.17 bits per heavy atom. The highest BCUT2D eigenvalue weighted by Crippen LogP contribution is 2.24. The van der Waals surface area contributed by atoms with Crippen LogP contribution in [-0.2, 0) is 21.4 Å². The van der Waals surface area contributed by atoms with Crippen LogP contribution in [0.3, 0.4) is 0 Å². The molecule has 1 aliphatic rings. The molecule has 11 heteroatoms. The summed E-state index contributed by atoms with van der Waals surface area (Å²) in [6, 6.07) is 13.1. The summed E-state index contributed by atoms with van der Waals surface area (Å²) in [5.74, 6) is -0.290. The van der Waals surface area contributed by atoms with Crippen molar-refractivity contribution < 1.29 is 17.6 Å². The van der Waals surface area contributed by atoms with Crippen LogP contribution in [0.2, 0.25) is 0 Å². The second-order valence-electron chi connectivity index (χ2n) is 8.47. The van der Waals surface area contributed by atoms with Crippen molar-refractivity contribution in [2.45, 2.75) is 24.4 Å². The minimum Gasteiger partial charge on any atom is -0.368 e. The molecule has 1 amide bonds. The van der Waals surface area contributed by atoms with Crippen LogP contribution in [0, 0.1) is 5.82 Å². The third-order valence-electron chi connectivity index (χ3n) is 6.15. The van der Waals surface area contributed by atoms with E-state index in [0.717, 1.165) is 16.6 Å². The van der Waals surface area contributed by atoms with E-state index in [0.29, 0.717) is 24.8 Å². The topological polar surface area (TPSA) is 87.5 Å². The first kappa shape index (κ1) is 23.3. The summed E-state index contributed by atoms with van der Waals surface area (Å²) < 4.78 is 42.9. The van der Waals surface area contributed by atoms with Crippen molar-refractivity contribution in [3.05, 3.63) is 72.1 Å². The maximum Gasteiger partial charge on any atom is 0.263 e. The van der Waals surface area contributed by atoms with Gasteiger partial charge < -0.3 is 14.4 Å². The number of amides is 1. The summed E-state index contributed by atoms with van der Waals surface area (Å²) in [6.45, 7) is 4.02. The van der Waals surface area contributed by atoms with Crippen LogP contribution in [0.1, 0.15) is 6.92 Å². The van der Waals surface area contributed by atoms with Crippen molar-refractivity contribution in [3.8, 4) is 0 Å². The molecular weight excluding hydrogens is 489 g/mol. The zero-order valence-corrected chi connectivity index (χ0v) is 20.6. The van der Waals surface area contributed by atoms with Gasteiger partial charge in [-0.2, -0.15) is 0 Å². The standard InChI is InChI=1S/C24H24FN5O3S2/c1-17-15-28(20-3-5-21(6-4-20)35(32,33)27-24-26-9-13-34-24)11-12-30(17)23(31)16-29-10-8-18-14-19(25)2-7-22(18)29/h2-10,13-14,17H,11-12,15-16H2,1H3,(H,26,27)/t17-/m0/s1. The minimum absolute atomic E-state index is 0.00803. The normalized spacial score (nSPS) is 16.6. The van der Waals surface area contributed by atoms with Gasteiger partial charge in [-0.3, -0.25) is 9.52 Å². The molecule has 182 valence electrons. The van der Waals surface area contributed by atoms with Crippen LogP contribution in [0.5, 0.6) is 0 Å². The van der Waals surface area contributed by atoms with Crippen molar-refractivity contribution in [2.24, 2.45) is 0 Å². The Labute approximate surface area is 206 Å². The summed E-state index contributed by atoms with van der Waals surface area (Å²) in [5, 5.41) is 2.79. The smallest absolute Gasteiger partial charge is 0.263 e. The Morgan fingerprint density at radius 3 is 2.69 bits per heavy atom. The van der Waals surface area contributed by atoms with E-state index in [4.69, 9.17) is 0 Å². The highest BCUT2D eigenvalue weighted by atomic mass is 32.2. The van der Waals surface area contributed by atoms with Crippen LogP contribution in [-0.4, -0.2) is 54.5 Å². The van der Waals surface area contributed by atoms with Crippen molar-refractivity contribution in [1.29, 1.82) is 0 Å². The van der Waals surface area contributed by atoms with E-state index >= 15 is 0 Å². The SMILES string of the molecule is C[C@H]1CN(c2ccc(S(=O)(=O)Nc3nccs3)cc2)CCN1C(=O)Cn1ccc2cc(F)ccc21. The third-order valence-corrected chi connectivity index (χ3v) is 8.33. The quantitative estimate of drug-likeness (QED) is 0.424. The number of thiazole rings is 1. The fraction of sp³-hybridized carbons (Fsp3) is 0.250. The number of sulfonamides is 1. The molecule has 1 N–H and O–H groups in total. The van der Waals surface area contributed by atoms with E-state index in [1.54, 1.807) is 41.9 Å². The first-order valence-corrected chi connectivity index (χ1v) is 13.5. The summed E-state index contributed by atoms with van der Waals surface area (Å²) in [7, 11) is -3.70. The van der Waals surface area contributed by atoms with Gasteiger partial charge in [0.2, 0.25) is 5.91 Å². The number of piperazine rings is 1. The number of halogens is 1. The van der Waals surface area contributed by atoms with Gasteiger partial charge in [0.1, 0.15) is 12.4 Å². The summed E-state index contributed by atoms with van der Waals surface area (Å²) in [6.07, 6.45) is 3.35. The van der Waals surface area contributed by atoms with Gasteiger partial charge in [0.25, 0.3) is 10.0 Å². The number of carbonyl (C=O) groups is 1. The van der Waals surface area contributed by atoms with E-state index in [9.17, 15) is 17.6 Å². The molecule has 3 heterocycles. The molecule has 0 bridgehead atoms. The maximum atomic E-state index is 13.5. The Morgan fingerprint density at radius 2 is 1.97 bits per heavy atom. The highest BCUT2D eigenvalue weighted by Gasteiger charge is 2.28. The third kappa shape index (κ3) is 4.87. The van der Waals surface area contributed by atoms with Gasteiger partial charge in [-0.25, -0.2) is 17.8 Å². The number of hydrogen-bond acceptors (Lipinski definition) is 6. The van der Waals surface area contributed by atoms with Crippen LogP contribution >= 0.6 is 11.3 Å². The predicted octanol–water partition coefficient (Wildman–Crippen LogP) is 3.78. The Balaban J connectivity index is 1.22. The Hall–Kier alpha value is -3.44. The molecule has 0 aliphatic carbocycles.